The minimum atomic E-state index is -0.245. The van der Waals surface area contributed by atoms with Gasteiger partial charge >= 0.3 is 0 Å². The summed E-state index contributed by atoms with van der Waals surface area (Å²) in [5.74, 6) is 0.0613. The molecule has 0 aliphatic carbocycles. The monoisotopic (exact) mass is 306 g/mol. The second kappa shape index (κ2) is 7.38. The summed E-state index contributed by atoms with van der Waals surface area (Å²) in [7, 11) is 1.77. The van der Waals surface area contributed by atoms with Gasteiger partial charge in [-0.05, 0) is 30.0 Å². The highest BCUT2D eigenvalue weighted by Gasteiger charge is 2.22. The van der Waals surface area contributed by atoms with Gasteiger partial charge in [-0.1, -0.05) is 19.1 Å². The number of carbonyl (C=O) groups excluding carboxylic acids is 2. The third kappa shape index (κ3) is 4.55. The first-order valence-corrected chi connectivity index (χ1v) is 7.72. The molecule has 2 rings (SSSR count). The van der Waals surface area contributed by atoms with Crippen molar-refractivity contribution in [2.24, 2.45) is 5.92 Å². The van der Waals surface area contributed by atoms with Gasteiger partial charge in [-0.25, -0.2) is 4.39 Å². The molecule has 0 saturated carbocycles. The quantitative estimate of drug-likeness (QED) is 0.854. The average Bonchev–Trinajstić information content (AvgIpc) is 2.61. The molecule has 1 aromatic carbocycles. The first-order chi connectivity index (χ1) is 10.5. The normalized spacial score (nSPS) is 17.3. The Balaban J connectivity index is 1.87. The van der Waals surface area contributed by atoms with E-state index in [1.54, 1.807) is 22.9 Å². The molecule has 4 nitrogen and oxygen atoms in total. The van der Waals surface area contributed by atoms with Crippen LogP contribution in [0.4, 0.5) is 4.39 Å². The molecule has 1 atom stereocenters. The molecule has 1 heterocycles. The Labute approximate surface area is 130 Å². The zero-order valence-electron chi connectivity index (χ0n) is 13.2. The molecule has 120 valence electrons. The summed E-state index contributed by atoms with van der Waals surface area (Å²) in [4.78, 5) is 27.4. The molecule has 5 heteroatoms. The van der Waals surface area contributed by atoms with Gasteiger partial charge in [0.05, 0.1) is 0 Å². The molecule has 22 heavy (non-hydrogen) atoms. The van der Waals surface area contributed by atoms with Crippen LogP contribution in [0, 0.1) is 11.7 Å². The highest BCUT2D eigenvalue weighted by atomic mass is 19.1. The minimum Gasteiger partial charge on any atom is -0.344 e. The molecule has 1 saturated heterocycles. The van der Waals surface area contributed by atoms with E-state index in [1.165, 1.54) is 12.1 Å². The Morgan fingerprint density at radius 2 is 2.09 bits per heavy atom. The average molecular weight is 306 g/mol. The van der Waals surface area contributed by atoms with Gasteiger partial charge in [0.15, 0.2) is 0 Å². The molecule has 0 aromatic heterocycles. The maximum absolute atomic E-state index is 13.2. The first kappa shape index (κ1) is 16.5. The topological polar surface area (TPSA) is 40.6 Å². The lowest BCUT2D eigenvalue weighted by Gasteiger charge is -2.22. The number of nitrogens with zero attached hydrogens (tertiary/aromatic N) is 2. The molecule has 2 amide bonds. The van der Waals surface area contributed by atoms with Crippen molar-refractivity contribution in [2.75, 3.05) is 26.7 Å². The lowest BCUT2D eigenvalue weighted by molar-refractivity contribution is -0.131. The number of hydrogen-bond acceptors (Lipinski definition) is 2. The second-order valence-electron chi connectivity index (χ2n) is 6.09. The minimum absolute atomic E-state index is 0.0759. The highest BCUT2D eigenvalue weighted by Crippen LogP contribution is 2.15. The number of carbonyl (C=O) groups is 2. The van der Waals surface area contributed by atoms with Crippen molar-refractivity contribution >= 4 is 11.8 Å². The molecule has 0 radical (unpaired) electrons. The van der Waals surface area contributed by atoms with Crippen LogP contribution in [0.1, 0.15) is 25.3 Å². The molecule has 1 unspecified atom stereocenters. The first-order valence-electron chi connectivity index (χ1n) is 7.72. The number of amides is 2. The lowest BCUT2D eigenvalue weighted by Crippen LogP contribution is -2.35. The van der Waals surface area contributed by atoms with Crippen molar-refractivity contribution in [1.82, 2.24) is 9.80 Å². The summed E-state index contributed by atoms with van der Waals surface area (Å²) < 4.78 is 13.2. The Morgan fingerprint density at radius 3 is 2.82 bits per heavy atom. The zero-order valence-corrected chi connectivity index (χ0v) is 13.2. The smallest absolute Gasteiger partial charge is 0.224 e. The van der Waals surface area contributed by atoms with E-state index >= 15 is 0 Å². The van der Waals surface area contributed by atoms with Crippen molar-refractivity contribution in [1.29, 1.82) is 0 Å². The number of benzene rings is 1. The number of halogens is 1. The van der Waals surface area contributed by atoms with Gasteiger partial charge in [-0.3, -0.25) is 9.59 Å². The number of rotatable bonds is 4. The van der Waals surface area contributed by atoms with E-state index in [-0.39, 0.29) is 23.5 Å². The van der Waals surface area contributed by atoms with Gasteiger partial charge < -0.3 is 9.80 Å². The van der Waals surface area contributed by atoms with Gasteiger partial charge in [-0.15, -0.1) is 0 Å². The van der Waals surface area contributed by atoms with Crippen LogP contribution in [0.2, 0.25) is 0 Å². The van der Waals surface area contributed by atoms with Crippen LogP contribution in [0.3, 0.4) is 0 Å². The van der Waals surface area contributed by atoms with Crippen molar-refractivity contribution in [2.45, 2.75) is 26.2 Å². The number of hydrogen-bond donors (Lipinski definition) is 0. The van der Waals surface area contributed by atoms with Crippen LogP contribution in [0.5, 0.6) is 0 Å². The SMILES string of the molecule is CC(CC(=O)N1CCC(=O)N(C)CC1)Cc1cccc(F)c1. The lowest BCUT2D eigenvalue weighted by atomic mass is 9.97. The standard InChI is InChI=1S/C17H23FN2O2/c1-13(10-14-4-3-5-15(18)12-14)11-17(22)20-7-6-16(21)19(2)8-9-20/h3-5,12-13H,6-11H2,1-2H3. The largest absolute Gasteiger partial charge is 0.344 e. The summed E-state index contributed by atoms with van der Waals surface area (Å²) in [5.41, 5.74) is 0.908. The van der Waals surface area contributed by atoms with Crippen LogP contribution < -0.4 is 0 Å². The van der Waals surface area contributed by atoms with Crippen molar-refractivity contribution < 1.29 is 14.0 Å². The van der Waals surface area contributed by atoms with E-state index in [4.69, 9.17) is 0 Å². The predicted molar refractivity (Wildman–Crippen MR) is 82.7 cm³/mol. The predicted octanol–water partition coefficient (Wildman–Crippen LogP) is 2.09. The van der Waals surface area contributed by atoms with Crippen molar-refractivity contribution in [3.8, 4) is 0 Å². The van der Waals surface area contributed by atoms with Gasteiger partial charge in [-0.2, -0.15) is 0 Å². The fourth-order valence-corrected chi connectivity index (χ4v) is 2.74. The Bertz CT molecular complexity index is 547. The summed E-state index contributed by atoms with van der Waals surface area (Å²) in [5, 5.41) is 0. The van der Waals surface area contributed by atoms with Crippen LogP contribution in [-0.4, -0.2) is 48.3 Å². The Morgan fingerprint density at radius 1 is 1.32 bits per heavy atom. The molecular weight excluding hydrogens is 283 g/mol. The summed E-state index contributed by atoms with van der Waals surface area (Å²) in [6.07, 6.45) is 1.49. The van der Waals surface area contributed by atoms with E-state index in [0.717, 1.165) is 5.56 Å². The summed E-state index contributed by atoms with van der Waals surface area (Å²) >= 11 is 0. The molecule has 1 aliphatic rings. The van der Waals surface area contributed by atoms with Gasteiger partial charge in [0.2, 0.25) is 11.8 Å². The molecule has 0 spiro atoms. The van der Waals surface area contributed by atoms with Gasteiger partial charge in [0.25, 0.3) is 0 Å². The molecule has 0 bridgehead atoms. The summed E-state index contributed by atoms with van der Waals surface area (Å²) in [6, 6.07) is 6.50. The van der Waals surface area contributed by atoms with Crippen LogP contribution >= 0.6 is 0 Å². The summed E-state index contributed by atoms with van der Waals surface area (Å²) in [6.45, 7) is 3.67. The fourth-order valence-electron chi connectivity index (χ4n) is 2.74. The molecular formula is C17H23FN2O2. The highest BCUT2D eigenvalue weighted by molar-refractivity contribution is 5.80. The van der Waals surface area contributed by atoms with Gasteiger partial charge in [0, 0.05) is 39.5 Å². The fraction of sp³-hybridized carbons (Fsp3) is 0.529. The van der Waals surface area contributed by atoms with E-state index in [1.807, 2.05) is 13.0 Å². The molecule has 1 fully saturated rings. The Hall–Kier alpha value is -1.91. The van der Waals surface area contributed by atoms with Gasteiger partial charge in [0.1, 0.15) is 5.82 Å². The van der Waals surface area contributed by atoms with Crippen molar-refractivity contribution in [3.05, 3.63) is 35.6 Å². The maximum atomic E-state index is 13.2. The van der Waals surface area contributed by atoms with E-state index < -0.39 is 0 Å². The maximum Gasteiger partial charge on any atom is 0.224 e. The van der Waals surface area contributed by atoms with E-state index in [0.29, 0.717) is 38.9 Å². The zero-order chi connectivity index (χ0) is 16.1. The van der Waals surface area contributed by atoms with Crippen LogP contribution in [-0.2, 0) is 16.0 Å². The third-order valence-corrected chi connectivity index (χ3v) is 4.08. The van der Waals surface area contributed by atoms with E-state index in [9.17, 15) is 14.0 Å². The second-order valence-corrected chi connectivity index (χ2v) is 6.09. The third-order valence-electron chi connectivity index (χ3n) is 4.08. The number of likely N-dealkylation sites (N-methyl/N-ethyl adjacent to an activating group) is 1. The molecule has 0 N–H and O–H groups in total. The van der Waals surface area contributed by atoms with Crippen molar-refractivity contribution in [3.63, 3.8) is 0 Å². The Kier molecular flexibility index (Phi) is 5.52. The van der Waals surface area contributed by atoms with E-state index in [2.05, 4.69) is 0 Å². The van der Waals surface area contributed by atoms with Crippen LogP contribution in [0.25, 0.3) is 0 Å². The molecule has 1 aliphatic heterocycles. The van der Waals surface area contributed by atoms with Crippen LogP contribution in [0.15, 0.2) is 24.3 Å². The molecule has 1 aromatic rings.